The van der Waals surface area contributed by atoms with Crippen LogP contribution >= 0.6 is 0 Å². The molecular weight excluding hydrogens is 292 g/mol. The lowest BCUT2D eigenvalue weighted by molar-refractivity contribution is -0.124. The summed E-state index contributed by atoms with van der Waals surface area (Å²) in [4.78, 5) is 23.7. The second-order valence-electron chi connectivity index (χ2n) is 5.99. The minimum absolute atomic E-state index is 0. The average molecular weight is 316 g/mol. The minimum Gasteiger partial charge on any atom is -0.354 e. The van der Waals surface area contributed by atoms with Gasteiger partial charge in [-0.1, -0.05) is 13.8 Å². The zero-order valence-electron chi connectivity index (χ0n) is 13.4. The van der Waals surface area contributed by atoms with E-state index in [2.05, 4.69) is 39.2 Å². The molecule has 0 aliphatic rings. The maximum absolute atomic E-state index is 12.2. The van der Waals surface area contributed by atoms with E-state index in [1.54, 1.807) is 10.9 Å². The summed E-state index contributed by atoms with van der Waals surface area (Å²) in [5.74, 6) is 0.380. The summed E-state index contributed by atoms with van der Waals surface area (Å²) in [6.45, 7) is 6.62. The highest BCUT2D eigenvalue weighted by molar-refractivity contribution is 5.90. The van der Waals surface area contributed by atoms with Gasteiger partial charge in [-0.3, -0.25) is 9.48 Å². The van der Waals surface area contributed by atoms with Crippen LogP contribution in [0.5, 0.6) is 0 Å². The zero-order chi connectivity index (χ0) is 16.4. The maximum atomic E-state index is 12.2. The Morgan fingerprint density at radius 1 is 1.39 bits per heavy atom. The van der Waals surface area contributed by atoms with E-state index in [1.165, 1.54) is 6.33 Å². The van der Waals surface area contributed by atoms with Gasteiger partial charge in [-0.05, 0) is 18.9 Å². The highest BCUT2D eigenvalue weighted by atomic mass is 16.2. The fourth-order valence-electron chi connectivity index (χ4n) is 2.35. The zero-order valence-corrected chi connectivity index (χ0v) is 13.4. The molecule has 23 heavy (non-hydrogen) atoms. The molecular formula is C16H24N6O. The fourth-order valence-corrected chi connectivity index (χ4v) is 2.35. The topological polar surface area (TPSA) is 88.5 Å². The highest BCUT2D eigenvalue weighted by Crippen LogP contribution is 2.24. The first-order valence-electron chi connectivity index (χ1n) is 7.66. The van der Waals surface area contributed by atoms with Gasteiger partial charge in [-0.15, -0.1) is 0 Å². The number of carbonyl (C=O) groups is 1. The van der Waals surface area contributed by atoms with Gasteiger partial charge < -0.3 is 10.3 Å². The number of nitrogens with zero attached hydrogens (tertiary/aromatic N) is 4. The number of carbonyl (C=O) groups excluding carboxylic acids is 1. The van der Waals surface area contributed by atoms with Crippen molar-refractivity contribution >= 4 is 16.9 Å². The molecule has 0 bridgehead atoms. The molecule has 3 aromatic heterocycles. The highest BCUT2D eigenvalue weighted by Gasteiger charge is 2.17. The van der Waals surface area contributed by atoms with Crippen LogP contribution < -0.4 is 5.32 Å². The molecule has 1 atom stereocenters. The first kappa shape index (κ1) is 15.2. The molecule has 7 nitrogen and oxygen atoms in total. The third-order valence-electron chi connectivity index (χ3n) is 3.69. The van der Waals surface area contributed by atoms with Crippen molar-refractivity contribution in [3.05, 3.63) is 31.0 Å². The minimum atomic E-state index is -0.369. The van der Waals surface area contributed by atoms with E-state index in [4.69, 9.17) is 0 Å². The predicted octanol–water partition coefficient (Wildman–Crippen LogP) is 2.65. The first-order valence-corrected chi connectivity index (χ1v) is 7.66. The van der Waals surface area contributed by atoms with Crippen LogP contribution in [0.1, 0.15) is 29.7 Å². The molecule has 0 aromatic carbocycles. The van der Waals surface area contributed by atoms with Crippen molar-refractivity contribution in [1.29, 1.82) is 0 Å². The molecule has 0 radical (unpaired) electrons. The second kappa shape index (κ2) is 6.20. The summed E-state index contributed by atoms with van der Waals surface area (Å²) in [5, 5.41) is 8.18. The molecule has 0 aliphatic heterocycles. The van der Waals surface area contributed by atoms with E-state index in [-0.39, 0.29) is 14.8 Å². The van der Waals surface area contributed by atoms with Gasteiger partial charge in [0.2, 0.25) is 5.91 Å². The normalized spacial score (nSPS) is 12.7. The lowest BCUT2D eigenvalue weighted by Gasteiger charge is -2.13. The van der Waals surface area contributed by atoms with Gasteiger partial charge in [0, 0.05) is 32.7 Å². The van der Waals surface area contributed by atoms with Gasteiger partial charge >= 0.3 is 0 Å². The Balaban J connectivity index is 0.00000156. The Morgan fingerprint density at radius 2 is 2.22 bits per heavy atom. The number of hydrogen-bond acceptors (Lipinski definition) is 4. The number of aromatic amines is 1. The van der Waals surface area contributed by atoms with Gasteiger partial charge in [0.05, 0.1) is 11.9 Å². The number of nitrogens with one attached hydrogen (secondary N) is 2. The summed E-state index contributed by atoms with van der Waals surface area (Å²) in [7, 11) is 0. The van der Waals surface area contributed by atoms with Crippen LogP contribution in [0.3, 0.4) is 0 Å². The molecule has 0 saturated heterocycles. The largest absolute Gasteiger partial charge is 0.354 e. The van der Waals surface area contributed by atoms with Gasteiger partial charge in [-0.2, -0.15) is 5.10 Å². The molecule has 0 aliphatic carbocycles. The van der Waals surface area contributed by atoms with Crippen LogP contribution in [-0.2, 0) is 4.79 Å². The lowest BCUT2D eigenvalue weighted by atomic mass is 10.2. The molecule has 0 fully saturated rings. The molecule has 2 N–H and O–H groups in total. The van der Waals surface area contributed by atoms with Crippen LogP contribution in [0, 0.1) is 5.92 Å². The van der Waals surface area contributed by atoms with E-state index in [0.29, 0.717) is 12.5 Å². The molecule has 0 spiro atoms. The fraction of sp³-hybridized carbons (Fsp3) is 0.375. The van der Waals surface area contributed by atoms with E-state index < -0.39 is 0 Å². The Bertz CT molecular complexity index is 829. The predicted molar refractivity (Wildman–Crippen MR) is 91.9 cm³/mol. The number of fused-ring (bicyclic) bond motifs is 1. The van der Waals surface area contributed by atoms with E-state index in [1.807, 2.05) is 25.4 Å². The molecule has 3 aromatic rings. The van der Waals surface area contributed by atoms with Crippen LogP contribution in [0.4, 0.5) is 0 Å². The smallest absolute Gasteiger partial charge is 0.244 e. The molecule has 1 amide bonds. The first-order chi connectivity index (χ1) is 11.1. The van der Waals surface area contributed by atoms with Crippen LogP contribution in [0.15, 0.2) is 31.0 Å². The SMILES string of the molecule is CC(C)CNC(=O)C(C)n1cc(-c2ncnc3[nH]ccc23)cn1.[HH].[HH]. The number of H-pyrrole nitrogens is 1. The molecule has 0 saturated carbocycles. The monoisotopic (exact) mass is 316 g/mol. The van der Waals surface area contributed by atoms with Gasteiger partial charge in [0.25, 0.3) is 0 Å². The van der Waals surface area contributed by atoms with Crippen molar-refractivity contribution in [1.82, 2.24) is 30.0 Å². The van der Waals surface area contributed by atoms with Crippen molar-refractivity contribution in [3.63, 3.8) is 0 Å². The standard InChI is InChI=1S/C16H20N6O.2H2/c1-10(2)6-18-16(23)11(3)22-8-12(7-21-22)14-13-4-5-17-15(13)20-9-19-14;;/h4-5,7-11H,6H2,1-3H3,(H,18,23)(H,17,19,20);2*1H. The quantitative estimate of drug-likeness (QED) is 0.757. The van der Waals surface area contributed by atoms with Crippen LogP contribution in [-0.4, -0.2) is 37.2 Å². The van der Waals surface area contributed by atoms with Gasteiger partial charge in [0.15, 0.2) is 0 Å². The van der Waals surface area contributed by atoms with E-state index in [9.17, 15) is 4.79 Å². The van der Waals surface area contributed by atoms with Gasteiger partial charge in [0.1, 0.15) is 18.0 Å². The summed E-state index contributed by atoms with van der Waals surface area (Å²) >= 11 is 0. The summed E-state index contributed by atoms with van der Waals surface area (Å²) in [6.07, 6.45) is 6.91. The third kappa shape index (κ3) is 3.08. The number of hydrogen-bond donors (Lipinski definition) is 2. The van der Waals surface area contributed by atoms with Crippen molar-refractivity contribution in [2.24, 2.45) is 5.92 Å². The van der Waals surface area contributed by atoms with Crippen molar-refractivity contribution < 1.29 is 7.65 Å². The Kier molecular flexibility index (Phi) is 4.10. The molecule has 7 heteroatoms. The Hall–Kier alpha value is -2.70. The van der Waals surface area contributed by atoms with Crippen molar-refractivity contribution in [3.8, 4) is 11.3 Å². The van der Waals surface area contributed by atoms with E-state index >= 15 is 0 Å². The summed E-state index contributed by atoms with van der Waals surface area (Å²) < 4.78 is 1.66. The molecule has 1 unspecified atom stereocenters. The van der Waals surface area contributed by atoms with Crippen molar-refractivity contribution in [2.45, 2.75) is 26.8 Å². The second-order valence-corrected chi connectivity index (χ2v) is 5.99. The average Bonchev–Trinajstić information content (AvgIpc) is 3.20. The summed E-state index contributed by atoms with van der Waals surface area (Å²) in [6, 6.07) is 1.56. The maximum Gasteiger partial charge on any atom is 0.244 e. The third-order valence-corrected chi connectivity index (χ3v) is 3.69. The molecule has 3 heterocycles. The number of aromatic nitrogens is 5. The van der Waals surface area contributed by atoms with E-state index in [0.717, 1.165) is 22.3 Å². The van der Waals surface area contributed by atoms with Gasteiger partial charge in [-0.25, -0.2) is 9.97 Å². The number of amides is 1. The number of rotatable bonds is 5. The molecule has 3 rings (SSSR count). The van der Waals surface area contributed by atoms with Crippen molar-refractivity contribution in [2.75, 3.05) is 6.54 Å². The summed E-state index contributed by atoms with van der Waals surface area (Å²) in [5.41, 5.74) is 2.45. The van der Waals surface area contributed by atoms with Crippen LogP contribution in [0.25, 0.3) is 22.3 Å². The Morgan fingerprint density at radius 3 is 3.00 bits per heavy atom. The molecule has 124 valence electrons. The lowest BCUT2D eigenvalue weighted by Crippen LogP contribution is -2.33. The van der Waals surface area contributed by atoms with Crippen LogP contribution in [0.2, 0.25) is 0 Å². The Labute approximate surface area is 137 Å².